The maximum Gasteiger partial charge on any atom is 0.373 e. The van der Waals surface area contributed by atoms with Crippen molar-refractivity contribution in [3.05, 3.63) is 77.6 Å². The van der Waals surface area contributed by atoms with Crippen LogP contribution in [0.25, 0.3) is 10.8 Å². The van der Waals surface area contributed by atoms with Crippen LogP contribution in [0.1, 0.15) is 62.5 Å². The predicted octanol–water partition coefficient (Wildman–Crippen LogP) is 6.87. The molecule has 1 saturated carbocycles. The molecule has 3 aromatic rings. The Kier molecular flexibility index (Phi) is 7.97. The monoisotopic (exact) mass is 420 g/mol. The third-order valence-corrected chi connectivity index (χ3v) is 6.33. The summed E-state index contributed by atoms with van der Waals surface area (Å²) in [6, 6.07) is 20.1. The number of hydrogen-bond donors (Lipinski definition) is 0. The molecule has 3 aromatic carbocycles. The Morgan fingerprint density at radius 3 is 2.35 bits per heavy atom. The first-order valence-corrected chi connectivity index (χ1v) is 11.0. The summed E-state index contributed by atoms with van der Waals surface area (Å²) < 4.78 is 19.7. The molecular weight excluding hydrogens is 391 g/mol. The molecule has 3 atom stereocenters. The number of rotatable bonds is 6. The third-order valence-electron chi connectivity index (χ3n) is 6.33. The van der Waals surface area contributed by atoms with Gasteiger partial charge in [-0.15, -0.1) is 0 Å². The highest BCUT2D eigenvalue weighted by Gasteiger charge is 2.27. The van der Waals surface area contributed by atoms with Gasteiger partial charge in [0.25, 0.3) is 0 Å². The largest absolute Gasteiger partial charge is 0.494 e. The molecule has 1 aliphatic rings. The van der Waals surface area contributed by atoms with Gasteiger partial charge in [0.15, 0.2) is 0 Å². The Balaban J connectivity index is 0.000000858. The summed E-state index contributed by atoms with van der Waals surface area (Å²) in [5.74, 6) is 2.66. The highest BCUT2D eigenvalue weighted by atomic mass is 19.1. The van der Waals surface area contributed by atoms with Crippen LogP contribution in [-0.4, -0.2) is 12.8 Å². The molecule has 0 heterocycles. The molecule has 31 heavy (non-hydrogen) atoms. The molecule has 0 amide bonds. The van der Waals surface area contributed by atoms with Crippen molar-refractivity contribution in [2.45, 2.75) is 51.4 Å². The minimum absolute atomic E-state index is 0.122. The number of fused-ring (bicyclic) bond motifs is 1. The summed E-state index contributed by atoms with van der Waals surface area (Å²) in [5.41, 5.74) is 2.72. The first kappa shape index (κ1) is 22.7. The van der Waals surface area contributed by atoms with Gasteiger partial charge in [-0.05, 0) is 85.1 Å². The van der Waals surface area contributed by atoms with Crippen LogP contribution < -0.4 is 4.74 Å². The number of benzene rings is 3. The smallest absolute Gasteiger partial charge is 0.373 e. The zero-order valence-corrected chi connectivity index (χ0v) is 18.1. The first-order valence-electron chi connectivity index (χ1n) is 11.0. The van der Waals surface area contributed by atoms with Gasteiger partial charge in [-0.1, -0.05) is 49.4 Å². The van der Waals surface area contributed by atoms with Gasteiger partial charge in [0, 0.05) is 5.39 Å². The van der Waals surface area contributed by atoms with Crippen molar-refractivity contribution in [2.24, 2.45) is 5.92 Å². The Bertz CT molecular complexity index is 1020. The lowest BCUT2D eigenvalue weighted by Crippen LogP contribution is -2.04. The maximum atomic E-state index is 14.1. The van der Waals surface area contributed by atoms with Gasteiger partial charge in [0.1, 0.15) is 11.6 Å². The summed E-state index contributed by atoms with van der Waals surface area (Å²) >= 11 is 0. The predicted molar refractivity (Wildman–Crippen MR) is 120 cm³/mol. The SMILES string of the molecule is CCOc1ccc([C@@H]2CC[C@H](C[C@H](C)c3ccc(F)c4ccccc34)C2)cc1.O=C=O. The van der Waals surface area contributed by atoms with E-state index in [0.29, 0.717) is 18.4 Å². The second-order valence-corrected chi connectivity index (χ2v) is 8.28. The van der Waals surface area contributed by atoms with Crippen molar-refractivity contribution in [1.29, 1.82) is 0 Å². The Hall–Kier alpha value is -2.97. The zero-order valence-electron chi connectivity index (χ0n) is 18.1. The average molecular weight is 421 g/mol. The Morgan fingerprint density at radius 2 is 1.68 bits per heavy atom. The summed E-state index contributed by atoms with van der Waals surface area (Å²) in [4.78, 5) is 16.2. The van der Waals surface area contributed by atoms with Crippen molar-refractivity contribution in [2.75, 3.05) is 6.61 Å². The van der Waals surface area contributed by atoms with Crippen molar-refractivity contribution < 1.29 is 18.7 Å². The average Bonchev–Trinajstić information content (AvgIpc) is 3.24. The summed E-state index contributed by atoms with van der Waals surface area (Å²) in [5, 5.41) is 1.81. The van der Waals surface area contributed by atoms with Crippen LogP contribution in [0.4, 0.5) is 4.39 Å². The van der Waals surface area contributed by atoms with Crippen LogP contribution in [-0.2, 0) is 9.59 Å². The van der Waals surface area contributed by atoms with Crippen LogP contribution >= 0.6 is 0 Å². The third kappa shape index (κ3) is 5.59. The van der Waals surface area contributed by atoms with Gasteiger partial charge < -0.3 is 4.74 Å². The van der Waals surface area contributed by atoms with Crippen molar-refractivity contribution in [3.63, 3.8) is 0 Å². The molecule has 4 rings (SSSR count). The van der Waals surface area contributed by atoms with Crippen LogP contribution in [0, 0.1) is 11.7 Å². The molecule has 0 radical (unpaired) electrons. The standard InChI is InChI=1S/C26H29FO.CO2/c1-3-28-22-12-10-20(11-13-22)21-9-8-19(17-21)16-18(2)23-14-15-26(27)25-7-5-4-6-24(23)25;2-1-3/h4-7,10-15,18-19,21H,3,8-9,16-17H2,1-2H3;/t18-,19+,21+;/m0./s1. The molecule has 0 spiro atoms. The molecule has 0 bridgehead atoms. The second kappa shape index (κ2) is 10.9. The molecule has 0 aromatic heterocycles. The van der Waals surface area contributed by atoms with E-state index in [2.05, 4.69) is 37.3 Å². The fourth-order valence-electron chi connectivity index (χ4n) is 4.94. The van der Waals surface area contributed by atoms with E-state index < -0.39 is 0 Å². The van der Waals surface area contributed by atoms with E-state index in [-0.39, 0.29) is 12.0 Å². The number of halogens is 1. The molecule has 0 aliphatic heterocycles. The van der Waals surface area contributed by atoms with E-state index in [1.807, 2.05) is 31.2 Å². The van der Waals surface area contributed by atoms with E-state index in [9.17, 15) is 4.39 Å². The van der Waals surface area contributed by atoms with Crippen LogP contribution in [0.2, 0.25) is 0 Å². The van der Waals surface area contributed by atoms with Crippen molar-refractivity contribution in [3.8, 4) is 5.75 Å². The van der Waals surface area contributed by atoms with Crippen LogP contribution in [0.3, 0.4) is 0 Å². The highest BCUT2D eigenvalue weighted by Crippen LogP contribution is 2.43. The fourth-order valence-corrected chi connectivity index (χ4v) is 4.94. The van der Waals surface area contributed by atoms with Gasteiger partial charge in [0.2, 0.25) is 0 Å². The van der Waals surface area contributed by atoms with E-state index in [1.54, 1.807) is 6.07 Å². The quantitative estimate of drug-likeness (QED) is 0.437. The lowest BCUT2D eigenvalue weighted by Gasteiger charge is -2.19. The minimum Gasteiger partial charge on any atom is -0.494 e. The molecule has 3 nitrogen and oxygen atoms in total. The number of hydrogen-bond acceptors (Lipinski definition) is 3. The maximum absolute atomic E-state index is 14.1. The van der Waals surface area contributed by atoms with E-state index in [4.69, 9.17) is 14.3 Å². The lowest BCUT2D eigenvalue weighted by atomic mass is 9.86. The molecule has 1 fully saturated rings. The number of carbonyl (C=O) groups excluding carboxylic acids is 2. The summed E-state index contributed by atoms with van der Waals surface area (Å²) in [6.45, 7) is 5.02. The molecule has 4 heteroatoms. The van der Waals surface area contributed by atoms with Gasteiger partial charge in [0.05, 0.1) is 6.61 Å². The molecule has 0 unspecified atom stereocenters. The van der Waals surface area contributed by atoms with Gasteiger partial charge in [-0.25, -0.2) is 4.39 Å². The van der Waals surface area contributed by atoms with Crippen LogP contribution in [0.5, 0.6) is 5.75 Å². The lowest BCUT2D eigenvalue weighted by molar-refractivity contribution is -0.191. The topological polar surface area (TPSA) is 43.4 Å². The summed E-state index contributed by atoms with van der Waals surface area (Å²) in [6.07, 6.45) is 5.21. The first-order chi connectivity index (χ1) is 15.1. The Labute approximate surface area is 183 Å². The highest BCUT2D eigenvalue weighted by molar-refractivity contribution is 5.86. The van der Waals surface area contributed by atoms with Gasteiger partial charge in [-0.2, -0.15) is 9.59 Å². The Morgan fingerprint density at radius 1 is 1.00 bits per heavy atom. The zero-order chi connectivity index (χ0) is 22.2. The van der Waals surface area contributed by atoms with Crippen LogP contribution in [0.15, 0.2) is 60.7 Å². The summed E-state index contributed by atoms with van der Waals surface area (Å²) in [7, 11) is 0. The van der Waals surface area contributed by atoms with E-state index in [1.165, 1.54) is 36.8 Å². The molecule has 162 valence electrons. The molecule has 0 saturated heterocycles. The molecule has 0 N–H and O–H groups in total. The fraction of sp³-hybridized carbons (Fsp3) is 0.370. The second-order valence-electron chi connectivity index (χ2n) is 8.28. The van der Waals surface area contributed by atoms with Crippen molar-refractivity contribution in [1.82, 2.24) is 0 Å². The van der Waals surface area contributed by atoms with E-state index >= 15 is 0 Å². The van der Waals surface area contributed by atoms with E-state index in [0.717, 1.165) is 22.4 Å². The van der Waals surface area contributed by atoms with Gasteiger partial charge >= 0.3 is 6.15 Å². The van der Waals surface area contributed by atoms with Gasteiger partial charge in [-0.3, -0.25) is 0 Å². The molecular formula is C27H29FO3. The molecule has 1 aliphatic carbocycles. The minimum atomic E-state index is -0.122. The normalized spacial score (nSPS) is 18.7. The van der Waals surface area contributed by atoms with Crippen molar-refractivity contribution >= 4 is 16.9 Å². The number of ether oxygens (including phenoxy) is 1.